The average molecular weight is 241 g/mol. The first-order valence-corrected chi connectivity index (χ1v) is 5.69. The van der Waals surface area contributed by atoms with Crippen LogP contribution in [0.2, 0.25) is 0 Å². The molecule has 1 aromatic heterocycles. The number of benzene rings is 1. The summed E-state index contributed by atoms with van der Waals surface area (Å²) in [6.45, 7) is 7.60. The van der Waals surface area contributed by atoms with E-state index in [0.29, 0.717) is 5.56 Å². The molecule has 0 aliphatic carbocycles. The average Bonchev–Trinajstić information content (AvgIpc) is 2.61. The predicted molar refractivity (Wildman–Crippen MR) is 72.4 cm³/mol. The number of carbonyl (C=O) groups is 1. The summed E-state index contributed by atoms with van der Waals surface area (Å²) in [5.74, 6) is 0.223. The lowest BCUT2D eigenvalue weighted by Gasteiger charge is -2.09. The Labute approximate surface area is 106 Å². The normalized spacial score (nSPS) is 10.3. The van der Waals surface area contributed by atoms with Crippen molar-refractivity contribution in [1.29, 1.82) is 0 Å². The second kappa shape index (κ2) is 4.53. The zero-order valence-corrected chi connectivity index (χ0v) is 10.5. The van der Waals surface area contributed by atoms with Crippen LogP contribution >= 0.6 is 0 Å². The molecule has 0 saturated carbocycles. The minimum atomic E-state index is 0.223. The molecule has 2 rings (SSSR count). The molecule has 3 nitrogen and oxygen atoms in total. The molecule has 1 heterocycles. The third-order valence-corrected chi connectivity index (χ3v) is 3.17. The van der Waals surface area contributed by atoms with Gasteiger partial charge in [-0.2, -0.15) is 0 Å². The Hall–Kier alpha value is -2.29. The van der Waals surface area contributed by atoms with Crippen LogP contribution in [-0.4, -0.2) is 16.0 Å². The minimum Gasteiger partial charge on any atom is -0.508 e. The van der Waals surface area contributed by atoms with Crippen molar-refractivity contribution < 1.29 is 9.90 Å². The lowest BCUT2D eigenvalue weighted by molar-refractivity contribution is 0.112. The number of aromatic hydroxyl groups is 1. The number of rotatable bonds is 3. The molecule has 1 N–H and O–H groups in total. The van der Waals surface area contributed by atoms with Crippen LogP contribution in [-0.2, 0) is 0 Å². The highest BCUT2D eigenvalue weighted by molar-refractivity contribution is 5.85. The Morgan fingerprint density at radius 1 is 1.11 bits per heavy atom. The van der Waals surface area contributed by atoms with Crippen molar-refractivity contribution in [1.82, 2.24) is 4.57 Å². The molecule has 0 spiro atoms. The Kier molecular flexibility index (Phi) is 3.06. The van der Waals surface area contributed by atoms with Gasteiger partial charge in [0.25, 0.3) is 0 Å². The van der Waals surface area contributed by atoms with Gasteiger partial charge in [-0.1, -0.05) is 12.7 Å². The summed E-state index contributed by atoms with van der Waals surface area (Å²) in [7, 11) is 0. The smallest absolute Gasteiger partial charge is 0.152 e. The summed E-state index contributed by atoms with van der Waals surface area (Å²) in [5, 5.41) is 9.31. The fraction of sp³-hybridized carbons (Fsp3) is 0.133. The SMILES string of the molecule is C=Cc1c(C=O)c(C)n(-c2ccc(O)cc2)c1C. The number of hydrogen-bond acceptors (Lipinski definition) is 2. The summed E-state index contributed by atoms with van der Waals surface area (Å²) >= 11 is 0. The Morgan fingerprint density at radius 3 is 2.11 bits per heavy atom. The fourth-order valence-electron chi connectivity index (χ4n) is 2.28. The van der Waals surface area contributed by atoms with Gasteiger partial charge in [-0.25, -0.2) is 0 Å². The number of phenols is 1. The van der Waals surface area contributed by atoms with Crippen molar-refractivity contribution in [2.45, 2.75) is 13.8 Å². The maximum Gasteiger partial charge on any atom is 0.152 e. The van der Waals surface area contributed by atoms with Crippen LogP contribution in [0.15, 0.2) is 30.8 Å². The number of hydrogen-bond donors (Lipinski definition) is 1. The maximum absolute atomic E-state index is 11.2. The lowest BCUT2D eigenvalue weighted by atomic mass is 10.1. The van der Waals surface area contributed by atoms with Gasteiger partial charge in [0.15, 0.2) is 6.29 Å². The molecule has 0 unspecified atom stereocenters. The van der Waals surface area contributed by atoms with E-state index in [0.717, 1.165) is 28.9 Å². The minimum absolute atomic E-state index is 0.223. The van der Waals surface area contributed by atoms with Crippen LogP contribution in [0.3, 0.4) is 0 Å². The molecule has 0 amide bonds. The van der Waals surface area contributed by atoms with Gasteiger partial charge in [0.05, 0.1) is 0 Å². The highest BCUT2D eigenvalue weighted by Crippen LogP contribution is 2.26. The summed E-state index contributed by atoms with van der Waals surface area (Å²) in [6, 6.07) is 6.89. The number of carbonyl (C=O) groups excluding carboxylic acids is 1. The second-order valence-electron chi connectivity index (χ2n) is 4.17. The number of phenolic OH excluding ortho intramolecular Hbond substituents is 1. The van der Waals surface area contributed by atoms with Crippen molar-refractivity contribution in [2.75, 3.05) is 0 Å². The standard InChI is InChI=1S/C15H15NO2/c1-4-14-10(2)16(11(3)15(14)9-17)12-5-7-13(18)8-6-12/h4-9,18H,1H2,2-3H3. The molecule has 1 aromatic carbocycles. The first-order chi connectivity index (χ1) is 8.60. The van der Waals surface area contributed by atoms with Crippen LogP contribution in [0.4, 0.5) is 0 Å². The van der Waals surface area contributed by atoms with E-state index in [1.54, 1.807) is 18.2 Å². The van der Waals surface area contributed by atoms with Crippen LogP contribution < -0.4 is 0 Å². The Bertz CT molecular complexity index is 575. The van der Waals surface area contributed by atoms with E-state index in [-0.39, 0.29) is 5.75 Å². The van der Waals surface area contributed by atoms with Crippen LogP contribution in [0.1, 0.15) is 27.3 Å². The zero-order valence-electron chi connectivity index (χ0n) is 10.5. The van der Waals surface area contributed by atoms with Crippen molar-refractivity contribution >= 4 is 12.4 Å². The molecule has 0 bridgehead atoms. The summed E-state index contributed by atoms with van der Waals surface area (Å²) < 4.78 is 1.99. The Morgan fingerprint density at radius 2 is 1.67 bits per heavy atom. The van der Waals surface area contributed by atoms with Crippen LogP contribution in [0.25, 0.3) is 11.8 Å². The highest BCUT2D eigenvalue weighted by Gasteiger charge is 2.15. The quantitative estimate of drug-likeness (QED) is 0.838. The largest absolute Gasteiger partial charge is 0.508 e. The maximum atomic E-state index is 11.2. The first-order valence-electron chi connectivity index (χ1n) is 5.69. The van der Waals surface area contributed by atoms with Gasteiger partial charge in [0, 0.05) is 28.2 Å². The highest BCUT2D eigenvalue weighted by atomic mass is 16.3. The molecule has 0 atom stereocenters. The summed E-state index contributed by atoms with van der Waals surface area (Å²) in [5.41, 5.74) is 4.28. The van der Waals surface area contributed by atoms with Crippen LogP contribution in [0.5, 0.6) is 5.75 Å². The fourth-order valence-corrected chi connectivity index (χ4v) is 2.28. The second-order valence-corrected chi connectivity index (χ2v) is 4.17. The first kappa shape index (κ1) is 12.2. The molecular formula is C15H15NO2. The van der Waals surface area contributed by atoms with E-state index in [1.165, 1.54) is 0 Å². The van der Waals surface area contributed by atoms with Gasteiger partial charge < -0.3 is 9.67 Å². The molecule has 0 aliphatic heterocycles. The van der Waals surface area contributed by atoms with Crippen molar-refractivity contribution in [3.63, 3.8) is 0 Å². The summed E-state index contributed by atoms with van der Waals surface area (Å²) in [6.07, 6.45) is 2.55. The predicted octanol–water partition coefficient (Wildman–Crippen LogP) is 3.26. The van der Waals surface area contributed by atoms with Gasteiger partial charge >= 0.3 is 0 Å². The Balaban J connectivity index is 2.71. The van der Waals surface area contributed by atoms with Crippen molar-refractivity contribution in [2.24, 2.45) is 0 Å². The molecular weight excluding hydrogens is 226 g/mol. The molecule has 0 radical (unpaired) electrons. The molecule has 0 fully saturated rings. The number of aromatic nitrogens is 1. The van der Waals surface area contributed by atoms with Crippen molar-refractivity contribution in [3.8, 4) is 11.4 Å². The number of nitrogens with zero attached hydrogens (tertiary/aromatic N) is 1. The van der Waals surface area contributed by atoms with Gasteiger partial charge in [-0.15, -0.1) is 0 Å². The zero-order chi connectivity index (χ0) is 13.3. The lowest BCUT2D eigenvalue weighted by Crippen LogP contribution is -1.99. The van der Waals surface area contributed by atoms with E-state index >= 15 is 0 Å². The van der Waals surface area contributed by atoms with Gasteiger partial charge in [-0.05, 0) is 38.1 Å². The van der Waals surface area contributed by atoms with E-state index in [2.05, 4.69) is 6.58 Å². The molecule has 18 heavy (non-hydrogen) atoms. The van der Waals surface area contributed by atoms with E-state index < -0.39 is 0 Å². The van der Waals surface area contributed by atoms with Gasteiger partial charge in [-0.3, -0.25) is 4.79 Å². The molecule has 0 saturated heterocycles. The topological polar surface area (TPSA) is 42.2 Å². The summed E-state index contributed by atoms with van der Waals surface area (Å²) in [4.78, 5) is 11.2. The molecule has 2 aromatic rings. The molecule has 3 heteroatoms. The van der Waals surface area contributed by atoms with Gasteiger partial charge in [0.2, 0.25) is 0 Å². The monoisotopic (exact) mass is 241 g/mol. The van der Waals surface area contributed by atoms with E-state index in [9.17, 15) is 9.90 Å². The number of aldehydes is 1. The van der Waals surface area contributed by atoms with E-state index in [4.69, 9.17) is 0 Å². The third-order valence-electron chi connectivity index (χ3n) is 3.17. The molecule has 92 valence electrons. The van der Waals surface area contributed by atoms with E-state index in [1.807, 2.05) is 30.5 Å². The van der Waals surface area contributed by atoms with Crippen molar-refractivity contribution in [3.05, 3.63) is 53.4 Å². The third kappa shape index (κ3) is 1.74. The molecule has 0 aliphatic rings. The van der Waals surface area contributed by atoms with Crippen LogP contribution in [0, 0.1) is 13.8 Å². The van der Waals surface area contributed by atoms with Gasteiger partial charge in [0.1, 0.15) is 5.75 Å².